The van der Waals surface area contributed by atoms with Crippen LogP contribution in [-0.2, 0) is 4.74 Å². The number of methoxy groups -OCH3 is 1. The van der Waals surface area contributed by atoms with Crippen molar-refractivity contribution in [3.05, 3.63) is 29.6 Å². The van der Waals surface area contributed by atoms with Gasteiger partial charge in [-0.05, 0) is 39.0 Å². The number of benzene rings is 1. The summed E-state index contributed by atoms with van der Waals surface area (Å²) in [6, 6.07) is 4.12. The Labute approximate surface area is 112 Å². The highest BCUT2D eigenvalue weighted by Crippen LogP contribution is 2.22. The Hall–Kier alpha value is -1.62. The molecule has 0 fully saturated rings. The Morgan fingerprint density at radius 2 is 2.11 bits per heavy atom. The third-order valence-electron chi connectivity index (χ3n) is 3.00. The molecule has 0 aliphatic rings. The van der Waals surface area contributed by atoms with Crippen LogP contribution in [0.4, 0.5) is 4.39 Å². The number of oxime groups is 1. The molecule has 0 saturated heterocycles. The van der Waals surface area contributed by atoms with Gasteiger partial charge in [0.1, 0.15) is 11.6 Å². The second-order valence-corrected chi connectivity index (χ2v) is 4.89. The molecule has 0 heterocycles. The van der Waals surface area contributed by atoms with E-state index in [9.17, 15) is 4.39 Å². The van der Waals surface area contributed by atoms with Gasteiger partial charge in [0.25, 0.3) is 0 Å². The molecule has 4 nitrogen and oxygen atoms in total. The van der Waals surface area contributed by atoms with Gasteiger partial charge in [-0.3, -0.25) is 0 Å². The summed E-state index contributed by atoms with van der Waals surface area (Å²) in [6.45, 7) is 5.93. The van der Waals surface area contributed by atoms with Crippen LogP contribution in [0.2, 0.25) is 0 Å². The number of hydrogen-bond donors (Lipinski definition) is 1. The summed E-state index contributed by atoms with van der Waals surface area (Å²) in [5, 5.41) is 11.9. The predicted molar refractivity (Wildman–Crippen MR) is 71.6 cm³/mol. The second-order valence-electron chi connectivity index (χ2n) is 4.89. The molecule has 0 aliphatic heterocycles. The van der Waals surface area contributed by atoms with Gasteiger partial charge >= 0.3 is 0 Å². The maximum atomic E-state index is 13.2. The van der Waals surface area contributed by atoms with Gasteiger partial charge in [0.2, 0.25) is 0 Å². The van der Waals surface area contributed by atoms with Crippen LogP contribution < -0.4 is 4.74 Å². The van der Waals surface area contributed by atoms with Crippen molar-refractivity contribution in [2.24, 2.45) is 5.16 Å². The van der Waals surface area contributed by atoms with Gasteiger partial charge < -0.3 is 14.7 Å². The van der Waals surface area contributed by atoms with E-state index in [1.165, 1.54) is 18.2 Å². The molecule has 0 aliphatic carbocycles. The summed E-state index contributed by atoms with van der Waals surface area (Å²) in [5.74, 6) is 0.0891. The summed E-state index contributed by atoms with van der Waals surface area (Å²) in [6.07, 6.45) is 0.690. The van der Waals surface area contributed by atoms with Crippen LogP contribution in [0.3, 0.4) is 0 Å². The van der Waals surface area contributed by atoms with Gasteiger partial charge in [0.15, 0.2) is 0 Å². The van der Waals surface area contributed by atoms with Crippen molar-refractivity contribution in [1.29, 1.82) is 0 Å². The molecule has 5 heteroatoms. The molecule has 0 aromatic heterocycles. The average molecular weight is 269 g/mol. The molecular weight excluding hydrogens is 249 g/mol. The van der Waals surface area contributed by atoms with E-state index < -0.39 is 5.82 Å². The minimum Gasteiger partial charge on any atom is -0.493 e. The van der Waals surface area contributed by atoms with Crippen LogP contribution in [0.1, 0.15) is 32.8 Å². The van der Waals surface area contributed by atoms with Gasteiger partial charge in [-0.15, -0.1) is 0 Å². The van der Waals surface area contributed by atoms with E-state index in [-0.39, 0.29) is 5.60 Å². The lowest BCUT2D eigenvalue weighted by Gasteiger charge is -2.23. The zero-order valence-corrected chi connectivity index (χ0v) is 11.7. The van der Waals surface area contributed by atoms with Gasteiger partial charge in [0, 0.05) is 19.1 Å². The fourth-order valence-electron chi connectivity index (χ4n) is 1.47. The number of halogens is 1. The zero-order chi connectivity index (χ0) is 14.5. The summed E-state index contributed by atoms with van der Waals surface area (Å²) in [7, 11) is 1.64. The first-order valence-corrected chi connectivity index (χ1v) is 6.06. The first-order valence-electron chi connectivity index (χ1n) is 6.06. The van der Waals surface area contributed by atoms with Crippen molar-refractivity contribution >= 4 is 5.71 Å². The zero-order valence-electron chi connectivity index (χ0n) is 11.7. The highest BCUT2D eigenvalue weighted by Gasteiger charge is 2.17. The molecule has 0 radical (unpaired) electrons. The van der Waals surface area contributed by atoms with Crippen LogP contribution in [-0.4, -0.2) is 30.2 Å². The number of nitrogens with zero attached hydrogens (tertiary/aromatic N) is 1. The Bertz CT molecular complexity index is 458. The fraction of sp³-hybridized carbons (Fsp3) is 0.500. The number of ether oxygens (including phenoxy) is 2. The SMILES string of the molecule is COC(C)(C)CCOc1ccc(F)cc1/C(C)=N/O. The summed E-state index contributed by atoms with van der Waals surface area (Å²) in [5.41, 5.74) is 0.471. The molecule has 1 N–H and O–H groups in total. The molecule has 1 aromatic rings. The molecule has 0 bridgehead atoms. The monoisotopic (exact) mass is 269 g/mol. The third kappa shape index (κ3) is 4.52. The molecule has 0 unspecified atom stereocenters. The van der Waals surface area contributed by atoms with Crippen molar-refractivity contribution in [2.45, 2.75) is 32.8 Å². The van der Waals surface area contributed by atoms with Crippen molar-refractivity contribution in [2.75, 3.05) is 13.7 Å². The van der Waals surface area contributed by atoms with Crippen LogP contribution in [0, 0.1) is 5.82 Å². The summed E-state index contributed by atoms with van der Waals surface area (Å²) in [4.78, 5) is 0. The van der Waals surface area contributed by atoms with Crippen molar-refractivity contribution in [3.63, 3.8) is 0 Å². The van der Waals surface area contributed by atoms with Crippen molar-refractivity contribution in [1.82, 2.24) is 0 Å². The quantitative estimate of drug-likeness (QED) is 0.490. The number of hydrogen-bond acceptors (Lipinski definition) is 4. The van der Waals surface area contributed by atoms with E-state index >= 15 is 0 Å². The Morgan fingerprint density at radius 3 is 2.68 bits per heavy atom. The molecule has 1 aromatic carbocycles. The minimum atomic E-state index is -0.400. The van der Waals surface area contributed by atoms with E-state index in [0.29, 0.717) is 30.1 Å². The van der Waals surface area contributed by atoms with E-state index in [2.05, 4.69) is 5.16 Å². The highest BCUT2D eigenvalue weighted by atomic mass is 19.1. The van der Waals surface area contributed by atoms with E-state index in [1.54, 1.807) is 14.0 Å². The maximum Gasteiger partial charge on any atom is 0.128 e. The number of rotatable bonds is 6. The van der Waals surface area contributed by atoms with Gasteiger partial charge in [-0.25, -0.2) is 4.39 Å². The largest absolute Gasteiger partial charge is 0.493 e. The lowest BCUT2D eigenvalue weighted by atomic mass is 10.1. The lowest BCUT2D eigenvalue weighted by Crippen LogP contribution is -2.25. The molecule has 19 heavy (non-hydrogen) atoms. The van der Waals surface area contributed by atoms with Crippen LogP contribution >= 0.6 is 0 Å². The molecule has 1 rings (SSSR count). The molecular formula is C14H20FNO3. The summed E-state index contributed by atoms with van der Waals surface area (Å²) >= 11 is 0. The van der Waals surface area contributed by atoms with Crippen LogP contribution in [0.25, 0.3) is 0 Å². The van der Waals surface area contributed by atoms with Gasteiger partial charge in [-0.1, -0.05) is 5.16 Å². The van der Waals surface area contributed by atoms with Crippen LogP contribution in [0.5, 0.6) is 5.75 Å². The lowest BCUT2D eigenvalue weighted by molar-refractivity contribution is 0.00543. The normalized spacial score (nSPS) is 12.6. The predicted octanol–water partition coefficient (Wildman–Crippen LogP) is 3.22. The molecule has 0 atom stereocenters. The maximum absolute atomic E-state index is 13.2. The van der Waals surface area contributed by atoms with Gasteiger partial charge in [-0.2, -0.15) is 0 Å². The van der Waals surface area contributed by atoms with E-state index in [1.807, 2.05) is 13.8 Å². The van der Waals surface area contributed by atoms with Gasteiger partial charge in [0.05, 0.1) is 17.9 Å². The highest BCUT2D eigenvalue weighted by molar-refractivity contribution is 6.00. The first-order chi connectivity index (χ1) is 8.89. The molecule has 106 valence electrons. The van der Waals surface area contributed by atoms with E-state index in [0.717, 1.165) is 0 Å². The standard InChI is InChI=1S/C14H20FNO3/c1-10(16-17)12-9-11(15)5-6-13(12)19-8-7-14(2,3)18-4/h5-6,9,17H,7-8H2,1-4H3/b16-10+. The van der Waals surface area contributed by atoms with Crippen LogP contribution in [0.15, 0.2) is 23.4 Å². The van der Waals surface area contributed by atoms with Crippen molar-refractivity contribution < 1.29 is 19.1 Å². The summed E-state index contributed by atoms with van der Waals surface area (Å²) < 4.78 is 24.1. The second kappa shape index (κ2) is 6.52. The average Bonchev–Trinajstić information content (AvgIpc) is 2.39. The molecule has 0 spiro atoms. The smallest absolute Gasteiger partial charge is 0.128 e. The topological polar surface area (TPSA) is 51.0 Å². The first kappa shape index (κ1) is 15.4. The fourth-order valence-corrected chi connectivity index (χ4v) is 1.47. The third-order valence-corrected chi connectivity index (χ3v) is 3.00. The Kier molecular flexibility index (Phi) is 5.30. The minimum absolute atomic E-state index is 0.277. The van der Waals surface area contributed by atoms with Crippen molar-refractivity contribution in [3.8, 4) is 5.75 Å². The Morgan fingerprint density at radius 1 is 1.42 bits per heavy atom. The van der Waals surface area contributed by atoms with E-state index in [4.69, 9.17) is 14.7 Å². The molecule has 0 amide bonds. The Balaban J connectivity index is 2.79. The molecule has 0 saturated carbocycles.